The summed E-state index contributed by atoms with van der Waals surface area (Å²) in [5.74, 6) is -1.74. The number of halogens is 1. The molecule has 0 unspecified atom stereocenters. The molecule has 114 valence electrons. The van der Waals surface area contributed by atoms with Crippen molar-refractivity contribution in [3.63, 3.8) is 0 Å². The van der Waals surface area contributed by atoms with E-state index in [4.69, 9.17) is 4.74 Å². The summed E-state index contributed by atoms with van der Waals surface area (Å²) < 4.78 is 27.6. The van der Waals surface area contributed by atoms with E-state index in [2.05, 4.69) is 14.8 Å². The van der Waals surface area contributed by atoms with E-state index in [1.807, 2.05) is 0 Å². The first kappa shape index (κ1) is 16.5. The van der Waals surface area contributed by atoms with Crippen molar-refractivity contribution in [3.8, 4) is 5.75 Å². The zero-order valence-electron chi connectivity index (χ0n) is 11.9. The number of nitrogens with one attached hydrogen (secondary N) is 1. The third kappa shape index (κ3) is 4.79. The number of rotatable bonds is 6. The maximum absolute atomic E-state index is 13.3. The van der Waals surface area contributed by atoms with Crippen molar-refractivity contribution in [1.29, 1.82) is 0 Å². The van der Waals surface area contributed by atoms with Gasteiger partial charge in [0.05, 0.1) is 32.6 Å². The van der Waals surface area contributed by atoms with Crippen LogP contribution in [0.1, 0.15) is 6.92 Å². The molecule has 0 spiro atoms. The summed E-state index contributed by atoms with van der Waals surface area (Å²) in [7, 11) is 2.33. The normalized spacial score (nSPS) is 10.8. The van der Waals surface area contributed by atoms with Crippen LogP contribution < -0.4 is 10.1 Å². The van der Waals surface area contributed by atoms with Crippen LogP contribution in [-0.2, 0) is 19.1 Å². The smallest absolute Gasteiger partial charge is 0.354 e. The maximum atomic E-state index is 13.3. The number of carbonyl (C=O) groups excluding carboxylic acids is 2. The number of carbonyl (C=O) groups is 2. The molecule has 0 aliphatic carbocycles. The first-order chi connectivity index (χ1) is 10.0. The van der Waals surface area contributed by atoms with Gasteiger partial charge in [0.15, 0.2) is 0 Å². The van der Waals surface area contributed by atoms with Crippen molar-refractivity contribution >= 4 is 17.6 Å². The van der Waals surface area contributed by atoms with Gasteiger partial charge in [-0.1, -0.05) is 0 Å². The molecular formula is C14H16FNO5. The molecule has 0 atom stereocenters. The molecule has 0 aliphatic rings. The fourth-order valence-electron chi connectivity index (χ4n) is 1.46. The zero-order chi connectivity index (χ0) is 15.8. The molecule has 1 N–H and O–H groups in total. The summed E-state index contributed by atoms with van der Waals surface area (Å²) >= 11 is 0. The Morgan fingerprint density at radius 1 is 1.29 bits per heavy atom. The van der Waals surface area contributed by atoms with Crippen LogP contribution in [0.4, 0.5) is 10.1 Å². The Morgan fingerprint density at radius 2 is 2.00 bits per heavy atom. The van der Waals surface area contributed by atoms with Gasteiger partial charge in [-0.2, -0.15) is 0 Å². The lowest BCUT2D eigenvalue weighted by molar-refractivity contribution is -0.138. The molecule has 1 aromatic carbocycles. The second kappa shape index (κ2) is 7.88. The molecule has 0 aliphatic heterocycles. The molecule has 21 heavy (non-hydrogen) atoms. The average Bonchev–Trinajstić information content (AvgIpc) is 2.48. The molecule has 0 saturated carbocycles. The van der Waals surface area contributed by atoms with E-state index in [1.165, 1.54) is 19.2 Å². The summed E-state index contributed by atoms with van der Waals surface area (Å²) in [6.45, 7) is 2.12. The lowest BCUT2D eigenvalue weighted by atomic mass is 10.2. The van der Waals surface area contributed by atoms with Gasteiger partial charge in [0, 0.05) is 6.07 Å². The number of esters is 2. The third-order valence-electron chi connectivity index (χ3n) is 2.38. The molecule has 0 amide bonds. The number of hydrogen-bond donors (Lipinski definition) is 1. The Labute approximate surface area is 121 Å². The monoisotopic (exact) mass is 297 g/mol. The molecule has 0 saturated heterocycles. The van der Waals surface area contributed by atoms with Crippen molar-refractivity contribution in [2.45, 2.75) is 6.92 Å². The standard InChI is InChI=1S/C14H16FNO5/c1-4-21-12-6-5-9(15)7-10(12)16-11(14(18)20-3)8-13(17)19-2/h5-8,16H,4H2,1-3H3/b11-8+. The highest BCUT2D eigenvalue weighted by molar-refractivity contribution is 5.99. The predicted octanol–water partition coefficient (Wildman–Crippen LogP) is 1.87. The van der Waals surface area contributed by atoms with Gasteiger partial charge >= 0.3 is 11.9 Å². The van der Waals surface area contributed by atoms with Crippen LogP contribution in [0.15, 0.2) is 30.0 Å². The van der Waals surface area contributed by atoms with Crippen LogP contribution in [0.5, 0.6) is 5.75 Å². The highest BCUT2D eigenvalue weighted by atomic mass is 19.1. The Bertz CT molecular complexity index is 556. The lowest BCUT2D eigenvalue weighted by Gasteiger charge is -2.13. The van der Waals surface area contributed by atoms with Crippen LogP contribution in [0, 0.1) is 5.82 Å². The van der Waals surface area contributed by atoms with E-state index < -0.39 is 17.8 Å². The SMILES string of the molecule is CCOc1ccc(F)cc1N/C(=C/C(=O)OC)C(=O)OC. The Morgan fingerprint density at radius 3 is 2.57 bits per heavy atom. The Balaban J connectivity index is 3.13. The highest BCUT2D eigenvalue weighted by Crippen LogP contribution is 2.27. The van der Waals surface area contributed by atoms with Gasteiger partial charge in [0.1, 0.15) is 17.3 Å². The van der Waals surface area contributed by atoms with Gasteiger partial charge in [-0.15, -0.1) is 0 Å². The third-order valence-corrected chi connectivity index (χ3v) is 2.38. The van der Waals surface area contributed by atoms with Crippen LogP contribution in [0.2, 0.25) is 0 Å². The molecule has 7 heteroatoms. The second-order valence-electron chi connectivity index (χ2n) is 3.77. The summed E-state index contributed by atoms with van der Waals surface area (Å²) in [6, 6.07) is 3.77. The summed E-state index contributed by atoms with van der Waals surface area (Å²) in [6.07, 6.45) is 0.909. The van der Waals surface area contributed by atoms with Gasteiger partial charge in [-0.25, -0.2) is 14.0 Å². The van der Waals surface area contributed by atoms with Crippen LogP contribution >= 0.6 is 0 Å². The number of hydrogen-bond acceptors (Lipinski definition) is 6. The first-order valence-electron chi connectivity index (χ1n) is 6.09. The Hall–Kier alpha value is -2.57. The molecule has 0 fully saturated rings. The molecule has 6 nitrogen and oxygen atoms in total. The summed E-state index contributed by atoms with van der Waals surface area (Å²) in [4.78, 5) is 22.9. The molecule has 1 aromatic rings. The molecular weight excluding hydrogens is 281 g/mol. The minimum atomic E-state index is -0.799. The van der Waals surface area contributed by atoms with Crippen molar-refractivity contribution in [1.82, 2.24) is 0 Å². The van der Waals surface area contributed by atoms with Crippen molar-refractivity contribution in [3.05, 3.63) is 35.8 Å². The van der Waals surface area contributed by atoms with E-state index >= 15 is 0 Å². The molecule has 1 rings (SSSR count). The minimum absolute atomic E-state index is 0.192. The average molecular weight is 297 g/mol. The summed E-state index contributed by atoms with van der Waals surface area (Å²) in [5.41, 5.74) is -0.00620. The van der Waals surface area contributed by atoms with E-state index in [0.717, 1.165) is 19.3 Å². The molecule has 0 heterocycles. The van der Waals surface area contributed by atoms with Crippen molar-refractivity contribution < 1.29 is 28.2 Å². The van der Waals surface area contributed by atoms with Crippen LogP contribution in [-0.4, -0.2) is 32.8 Å². The topological polar surface area (TPSA) is 73.9 Å². The quantitative estimate of drug-likeness (QED) is 0.638. The van der Waals surface area contributed by atoms with Crippen molar-refractivity contribution in [2.24, 2.45) is 0 Å². The highest BCUT2D eigenvalue weighted by Gasteiger charge is 2.15. The number of anilines is 1. The molecule has 0 bridgehead atoms. The maximum Gasteiger partial charge on any atom is 0.354 e. The van der Waals surface area contributed by atoms with E-state index in [0.29, 0.717) is 12.4 Å². The number of methoxy groups -OCH3 is 2. The largest absolute Gasteiger partial charge is 0.492 e. The van der Waals surface area contributed by atoms with E-state index in [1.54, 1.807) is 6.92 Å². The Kier molecular flexibility index (Phi) is 6.19. The van der Waals surface area contributed by atoms with Gasteiger partial charge in [0.25, 0.3) is 0 Å². The number of benzene rings is 1. The summed E-state index contributed by atoms with van der Waals surface area (Å²) in [5, 5.41) is 2.61. The zero-order valence-corrected chi connectivity index (χ0v) is 11.9. The van der Waals surface area contributed by atoms with Crippen LogP contribution in [0.3, 0.4) is 0 Å². The van der Waals surface area contributed by atoms with E-state index in [9.17, 15) is 14.0 Å². The lowest BCUT2D eigenvalue weighted by Crippen LogP contribution is -2.16. The van der Waals surface area contributed by atoms with Crippen molar-refractivity contribution in [2.75, 3.05) is 26.1 Å². The van der Waals surface area contributed by atoms with Gasteiger partial charge in [-0.3, -0.25) is 0 Å². The van der Waals surface area contributed by atoms with E-state index in [-0.39, 0.29) is 11.4 Å². The minimum Gasteiger partial charge on any atom is -0.492 e. The molecule has 0 aromatic heterocycles. The fourth-order valence-corrected chi connectivity index (χ4v) is 1.46. The van der Waals surface area contributed by atoms with Gasteiger partial charge in [0.2, 0.25) is 0 Å². The van der Waals surface area contributed by atoms with Gasteiger partial charge < -0.3 is 19.5 Å². The predicted molar refractivity (Wildman–Crippen MR) is 73.3 cm³/mol. The fraction of sp³-hybridized carbons (Fsp3) is 0.286. The van der Waals surface area contributed by atoms with Gasteiger partial charge in [-0.05, 0) is 19.1 Å². The first-order valence-corrected chi connectivity index (χ1v) is 6.09. The second-order valence-corrected chi connectivity index (χ2v) is 3.77. The molecule has 0 radical (unpaired) electrons. The number of ether oxygens (including phenoxy) is 3. The van der Waals surface area contributed by atoms with Crippen LogP contribution in [0.25, 0.3) is 0 Å².